The molecule has 0 amide bonds. The molecule has 3 nitrogen and oxygen atoms in total. The highest BCUT2D eigenvalue weighted by Crippen LogP contribution is 2.35. The van der Waals surface area contributed by atoms with Crippen molar-refractivity contribution in [2.75, 3.05) is 12.8 Å². The predicted octanol–water partition coefficient (Wildman–Crippen LogP) is 1.98. The fraction of sp³-hybridized carbons (Fsp3) is 1.00. The molecule has 1 aliphatic rings. The van der Waals surface area contributed by atoms with E-state index in [-0.39, 0.29) is 6.04 Å². The van der Waals surface area contributed by atoms with E-state index in [2.05, 4.69) is 5.32 Å². The molecule has 0 aromatic carbocycles. The summed E-state index contributed by atoms with van der Waals surface area (Å²) in [7, 11) is -3.01. The van der Waals surface area contributed by atoms with Crippen LogP contribution >= 0.6 is 0 Å². The van der Waals surface area contributed by atoms with Crippen molar-refractivity contribution in [3.8, 4) is 0 Å². The quantitative estimate of drug-likeness (QED) is 0.748. The SMILES string of the molecule is CCNC(CCC1CC1)C(C)(C)S(C)(=O)=O. The molecule has 0 heterocycles. The van der Waals surface area contributed by atoms with Crippen molar-refractivity contribution in [1.29, 1.82) is 0 Å². The van der Waals surface area contributed by atoms with Gasteiger partial charge in [0.2, 0.25) is 0 Å². The Morgan fingerprint density at radius 2 is 1.94 bits per heavy atom. The largest absolute Gasteiger partial charge is 0.313 e. The molecule has 1 unspecified atom stereocenters. The summed E-state index contributed by atoms with van der Waals surface area (Å²) in [4.78, 5) is 0. The molecule has 0 aromatic heterocycles. The maximum atomic E-state index is 11.8. The first kappa shape index (κ1) is 14.0. The third kappa shape index (κ3) is 3.45. The van der Waals surface area contributed by atoms with Crippen molar-refractivity contribution in [2.24, 2.45) is 5.92 Å². The highest BCUT2D eigenvalue weighted by Gasteiger charge is 2.39. The summed E-state index contributed by atoms with van der Waals surface area (Å²) < 4.78 is 22.9. The lowest BCUT2D eigenvalue weighted by Crippen LogP contribution is -2.51. The minimum absolute atomic E-state index is 0.0769. The first-order valence-electron chi connectivity index (χ1n) is 6.22. The van der Waals surface area contributed by atoms with E-state index in [4.69, 9.17) is 0 Å². The van der Waals surface area contributed by atoms with E-state index in [0.29, 0.717) is 0 Å². The predicted molar refractivity (Wildman–Crippen MR) is 68.3 cm³/mol. The number of sulfone groups is 1. The van der Waals surface area contributed by atoms with E-state index in [1.165, 1.54) is 19.1 Å². The van der Waals surface area contributed by atoms with Gasteiger partial charge in [-0.1, -0.05) is 19.8 Å². The standard InChI is InChI=1S/C12H25NO2S/c1-5-13-11(9-8-10-6-7-10)12(2,3)16(4,14)15/h10-11,13H,5-9H2,1-4H3. The van der Waals surface area contributed by atoms with Gasteiger partial charge in [0.25, 0.3) is 0 Å². The average Bonchev–Trinajstić information content (AvgIpc) is 2.93. The molecule has 1 fully saturated rings. The minimum atomic E-state index is -3.01. The van der Waals surface area contributed by atoms with Crippen LogP contribution < -0.4 is 5.32 Å². The molecule has 96 valence electrons. The molecule has 1 N–H and O–H groups in total. The third-order valence-electron chi connectivity index (χ3n) is 3.81. The Morgan fingerprint density at radius 1 is 1.38 bits per heavy atom. The van der Waals surface area contributed by atoms with Crippen molar-refractivity contribution in [1.82, 2.24) is 5.32 Å². The highest BCUT2D eigenvalue weighted by atomic mass is 32.2. The molecule has 0 aliphatic heterocycles. The Bertz CT molecular complexity index is 318. The fourth-order valence-corrected chi connectivity index (χ4v) is 2.73. The molecule has 16 heavy (non-hydrogen) atoms. The Labute approximate surface area is 99.9 Å². The molecule has 4 heteroatoms. The normalized spacial score (nSPS) is 19.8. The molecule has 1 saturated carbocycles. The van der Waals surface area contributed by atoms with E-state index in [1.807, 2.05) is 20.8 Å². The van der Waals surface area contributed by atoms with Crippen LogP contribution in [-0.4, -0.2) is 32.0 Å². The Morgan fingerprint density at radius 3 is 2.31 bits per heavy atom. The van der Waals surface area contributed by atoms with Gasteiger partial charge < -0.3 is 5.32 Å². The van der Waals surface area contributed by atoms with Crippen molar-refractivity contribution in [3.05, 3.63) is 0 Å². The number of nitrogens with one attached hydrogen (secondary N) is 1. The lowest BCUT2D eigenvalue weighted by Gasteiger charge is -2.33. The van der Waals surface area contributed by atoms with Gasteiger partial charge in [0.1, 0.15) is 0 Å². The summed E-state index contributed by atoms with van der Waals surface area (Å²) >= 11 is 0. The van der Waals surface area contributed by atoms with Crippen molar-refractivity contribution < 1.29 is 8.42 Å². The van der Waals surface area contributed by atoms with Gasteiger partial charge in [-0.2, -0.15) is 0 Å². The number of rotatable bonds is 7. The molecular weight excluding hydrogens is 222 g/mol. The van der Waals surface area contributed by atoms with Crippen LogP contribution in [0.4, 0.5) is 0 Å². The second-order valence-corrected chi connectivity index (χ2v) is 8.10. The third-order valence-corrected chi connectivity index (χ3v) is 6.00. The van der Waals surface area contributed by atoms with Crippen molar-refractivity contribution in [3.63, 3.8) is 0 Å². The summed E-state index contributed by atoms with van der Waals surface area (Å²) in [5, 5.41) is 3.33. The zero-order valence-electron chi connectivity index (χ0n) is 10.9. The van der Waals surface area contributed by atoms with Gasteiger partial charge in [-0.25, -0.2) is 8.42 Å². The van der Waals surface area contributed by atoms with Gasteiger partial charge in [0.15, 0.2) is 9.84 Å². The van der Waals surface area contributed by atoms with Gasteiger partial charge in [-0.05, 0) is 39.2 Å². The van der Waals surface area contributed by atoms with E-state index in [1.54, 1.807) is 0 Å². The second-order valence-electron chi connectivity index (χ2n) is 5.51. The minimum Gasteiger partial charge on any atom is -0.313 e. The summed E-state index contributed by atoms with van der Waals surface area (Å²) in [6.07, 6.45) is 6.14. The Balaban J connectivity index is 2.65. The summed E-state index contributed by atoms with van der Waals surface area (Å²) in [6.45, 7) is 6.53. The monoisotopic (exact) mass is 247 g/mol. The van der Waals surface area contributed by atoms with E-state index in [0.717, 1.165) is 25.3 Å². The zero-order valence-corrected chi connectivity index (χ0v) is 11.7. The van der Waals surface area contributed by atoms with Crippen LogP contribution in [-0.2, 0) is 9.84 Å². The topological polar surface area (TPSA) is 46.2 Å². The lowest BCUT2D eigenvalue weighted by atomic mass is 9.97. The van der Waals surface area contributed by atoms with Crippen LogP contribution in [0.1, 0.15) is 46.5 Å². The maximum absolute atomic E-state index is 11.8. The second kappa shape index (κ2) is 5.05. The molecule has 0 saturated heterocycles. The zero-order chi connectivity index (χ0) is 12.4. The smallest absolute Gasteiger partial charge is 0.154 e. The van der Waals surface area contributed by atoms with Gasteiger partial charge >= 0.3 is 0 Å². The molecule has 1 aliphatic carbocycles. The average molecular weight is 247 g/mol. The first-order valence-corrected chi connectivity index (χ1v) is 8.11. The molecule has 0 aromatic rings. The molecule has 1 rings (SSSR count). The molecule has 0 radical (unpaired) electrons. The van der Waals surface area contributed by atoms with E-state index < -0.39 is 14.6 Å². The maximum Gasteiger partial charge on any atom is 0.154 e. The first-order chi connectivity index (χ1) is 7.29. The molecule has 1 atom stereocenters. The van der Waals surface area contributed by atoms with Crippen LogP contribution in [0.5, 0.6) is 0 Å². The molecule has 0 spiro atoms. The highest BCUT2D eigenvalue weighted by molar-refractivity contribution is 7.92. The van der Waals surface area contributed by atoms with Crippen LogP contribution in [0.25, 0.3) is 0 Å². The number of hydrogen-bond acceptors (Lipinski definition) is 3. The van der Waals surface area contributed by atoms with Crippen LogP contribution in [0.3, 0.4) is 0 Å². The Hall–Kier alpha value is -0.0900. The van der Waals surface area contributed by atoms with Gasteiger partial charge in [-0.15, -0.1) is 0 Å². The van der Waals surface area contributed by atoms with Gasteiger partial charge in [0.05, 0.1) is 4.75 Å². The Kier molecular flexibility index (Phi) is 4.41. The lowest BCUT2D eigenvalue weighted by molar-refractivity contribution is 0.380. The fourth-order valence-electron chi connectivity index (χ4n) is 2.01. The molecular formula is C12H25NO2S. The van der Waals surface area contributed by atoms with Crippen molar-refractivity contribution in [2.45, 2.75) is 57.2 Å². The number of hydrogen-bond donors (Lipinski definition) is 1. The summed E-state index contributed by atoms with van der Waals surface area (Å²) in [5.41, 5.74) is 0. The van der Waals surface area contributed by atoms with Crippen LogP contribution in [0.2, 0.25) is 0 Å². The van der Waals surface area contributed by atoms with E-state index in [9.17, 15) is 8.42 Å². The van der Waals surface area contributed by atoms with Crippen LogP contribution in [0.15, 0.2) is 0 Å². The van der Waals surface area contributed by atoms with Crippen LogP contribution in [0, 0.1) is 5.92 Å². The van der Waals surface area contributed by atoms with Gasteiger partial charge in [0, 0.05) is 12.3 Å². The summed E-state index contributed by atoms with van der Waals surface area (Å²) in [6, 6.07) is 0.0769. The van der Waals surface area contributed by atoms with Gasteiger partial charge in [-0.3, -0.25) is 0 Å². The van der Waals surface area contributed by atoms with E-state index >= 15 is 0 Å². The molecule has 0 bridgehead atoms. The van der Waals surface area contributed by atoms with Crippen molar-refractivity contribution >= 4 is 9.84 Å². The summed E-state index contributed by atoms with van der Waals surface area (Å²) in [5.74, 6) is 0.858.